The molecule has 2 heterocycles. The lowest BCUT2D eigenvalue weighted by atomic mass is 9.94. The average Bonchev–Trinajstić information content (AvgIpc) is 3.26. The molecule has 0 amide bonds. The molecule has 0 aliphatic carbocycles. The van der Waals surface area contributed by atoms with Crippen molar-refractivity contribution in [2.24, 2.45) is 0 Å². The van der Waals surface area contributed by atoms with Crippen molar-refractivity contribution in [2.75, 3.05) is 37.7 Å². The number of hydrogen-bond acceptors (Lipinski definition) is 6. The quantitative estimate of drug-likeness (QED) is 0.614. The van der Waals surface area contributed by atoms with E-state index in [4.69, 9.17) is 4.74 Å². The molecule has 30 heavy (non-hydrogen) atoms. The maximum Gasteiger partial charge on any atom is 0.146 e. The minimum Gasteiger partial charge on any atom is -0.490 e. The highest BCUT2D eigenvalue weighted by molar-refractivity contribution is 5.49. The summed E-state index contributed by atoms with van der Waals surface area (Å²) in [5.41, 5.74) is -0.758. The van der Waals surface area contributed by atoms with Crippen molar-refractivity contribution in [1.82, 2.24) is 20.1 Å². The summed E-state index contributed by atoms with van der Waals surface area (Å²) in [6, 6.07) is 10.6. The average molecular weight is 415 g/mol. The summed E-state index contributed by atoms with van der Waals surface area (Å²) in [5, 5.41) is 18.5. The maximum atomic E-state index is 14.4. The lowest BCUT2D eigenvalue weighted by Crippen LogP contribution is -2.43. The smallest absolute Gasteiger partial charge is 0.146 e. The van der Waals surface area contributed by atoms with Gasteiger partial charge in [0.2, 0.25) is 0 Å². The van der Waals surface area contributed by atoms with Crippen molar-refractivity contribution in [3.05, 3.63) is 72.3 Å². The molecular formula is C21H23F2N5O2. The van der Waals surface area contributed by atoms with Gasteiger partial charge in [-0.15, -0.1) is 0 Å². The summed E-state index contributed by atoms with van der Waals surface area (Å²) in [5.74, 6) is -1.03. The third kappa shape index (κ3) is 4.58. The Labute approximate surface area is 172 Å². The standard InChI is InChI=1S/C21H23F2N5O2/c22-16-1-6-19(20(23)11-16)21(29,12-28-15-25-14-26-28)13-30-18-4-2-17(3-5-18)27-9-7-24-8-10-27/h1-6,11,14-15,24,29H,7-10,12-13H2. The number of nitrogens with zero attached hydrogens (tertiary/aromatic N) is 4. The van der Waals surface area contributed by atoms with Gasteiger partial charge in [-0.3, -0.25) is 0 Å². The second-order valence-corrected chi connectivity index (χ2v) is 7.27. The van der Waals surface area contributed by atoms with E-state index in [1.54, 1.807) is 0 Å². The first kappa shape index (κ1) is 20.2. The molecule has 2 N–H and O–H groups in total. The molecule has 3 aromatic rings. The van der Waals surface area contributed by atoms with Crippen LogP contribution in [-0.2, 0) is 12.1 Å². The van der Waals surface area contributed by atoms with Crippen LogP contribution >= 0.6 is 0 Å². The molecule has 9 heteroatoms. The van der Waals surface area contributed by atoms with E-state index in [1.807, 2.05) is 24.3 Å². The monoisotopic (exact) mass is 415 g/mol. The van der Waals surface area contributed by atoms with Crippen LogP contribution in [-0.4, -0.2) is 52.7 Å². The molecule has 1 aliphatic rings. The van der Waals surface area contributed by atoms with Crippen LogP contribution in [0.25, 0.3) is 0 Å². The van der Waals surface area contributed by atoms with Crippen LogP contribution in [0.4, 0.5) is 14.5 Å². The zero-order chi connectivity index (χ0) is 21.0. The van der Waals surface area contributed by atoms with Gasteiger partial charge in [0, 0.05) is 43.5 Å². The third-order valence-corrected chi connectivity index (χ3v) is 5.12. The van der Waals surface area contributed by atoms with Crippen LogP contribution in [0.2, 0.25) is 0 Å². The summed E-state index contributed by atoms with van der Waals surface area (Å²) in [4.78, 5) is 6.12. The fourth-order valence-corrected chi connectivity index (χ4v) is 3.54. The third-order valence-electron chi connectivity index (χ3n) is 5.12. The Morgan fingerprint density at radius 1 is 1.10 bits per heavy atom. The number of hydrogen-bond donors (Lipinski definition) is 2. The molecule has 0 bridgehead atoms. The van der Waals surface area contributed by atoms with E-state index >= 15 is 0 Å². The van der Waals surface area contributed by atoms with E-state index in [9.17, 15) is 13.9 Å². The minimum atomic E-state index is -1.78. The van der Waals surface area contributed by atoms with Crippen LogP contribution < -0.4 is 15.0 Å². The number of halogens is 2. The van der Waals surface area contributed by atoms with E-state index in [2.05, 4.69) is 20.3 Å². The summed E-state index contributed by atoms with van der Waals surface area (Å²) in [6.07, 6.45) is 2.73. The molecule has 1 fully saturated rings. The predicted molar refractivity (Wildman–Crippen MR) is 107 cm³/mol. The predicted octanol–water partition coefficient (Wildman–Crippen LogP) is 1.93. The lowest BCUT2D eigenvalue weighted by molar-refractivity contribution is -0.0297. The van der Waals surface area contributed by atoms with Crippen LogP contribution in [0.15, 0.2) is 55.1 Å². The van der Waals surface area contributed by atoms with E-state index in [1.165, 1.54) is 23.4 Å². The zero-order valence-corrected chi connectivity index (χ0v) is 16.3. The highest BCUT2D eigenvalue weighted by atomic mass is 19.1. The molecule has 1 unspecified atom stereocenters. The van der Waals surface area contributed by atoms with Gasteiger partial charge in [0.1, 0.15) is 42.2 Å². The number of ether oxygens (including phenoxy) is 1. The first-order valence-corrected chi connectivity index (χ1v) is 9.72. The fraction of sp³-hybridized carbons (Fsp3) is 0.333. The second-order valence-electron chi connectivity index (χ2n) is 7.27. The lowest BCUT2D eigenvalue weighted by Gasteiger charge is -2.30. The summed E-state index contributed by atoms with van der Waals surface area (Å²) >= 11 is 0. The molecule has 0 radical (unpaired) electrons. The van der Waals surface area contributed by atoms with Gasteiger partial charge in [0.15, 0.2) is 0 Å². The molecule has 0 saturated carbocycles. The zero-order valence-electron chi connectivity index (χ0n) is 16.3. The molecule has 1 aromatic heterocycles. The molecule has 1 saturated heterocycles. The van der Waals surface area contributed by atoms with Crippen molar-refractivity contribution in [3.8, 4) is 5.75 Å². The number of aromatic nitrogens is 3. The Bertz CT molecular complexity index is 962. The Morgan fingerprint density at radius 2 is 1.87 bits per heavy atom. The van der Waals surface area contributed by atoms with E-state index in [-0.39, 0.29) is 18.7 Å². The van der Waals surface area contributed by atoms with Gasteiger partial charge < -0.3 is 20.1 Å². The van der Waals surface area contributed by atoms with Crippen molar-refractivity contribution in [1.29, 1.82) is 0 Å². The van der Waals surface area contributed by atoms with E-state index in [0.717, 1.165) is 44.0 Å². The number of piperazine rings is 1. The fourth-order valence-electron chi connectivity index (χ4n) is 3.54. The first-order chi connectivity index (χ1) is 14.5. The number of rotatable bonds is 7. The second kappa shape index (κ2) is 8.76. The SMILES string of the molecule is OC(COc1ccc(N2CCNCC2)cc1)(Cn1cncn1)c1ccc(F)cc1F. The highest BCUT2D eigenvalue weighted by Gasteiger charge is 2.34. The van der Waals surface area contributed by atoms with Gasteiger partial charge in [0.05, 0.1) is 6.54 Å². The molecule has 1 aliphatic heterocycles. The van der Waals surface area contributed by atoms with Crippen molar-refractivity contribution in [2.45, 2.75) is 12.1 Å². The van der Waals surface area contributed by atoms with Gasteiger partial charge in [-0.05, 0) is 30.3 Å². The van der Waals surface area contributed by atoms with Crippen LogP contribution in [0.5, 0.6) is 5.75 Å². The molecule has 4 rings (SSSR count). The number of anilines is 1. The van der Waals surface area contributed by atoms with Crippen molar-refractivity contribution >= 4 is 5.69 Å². The Morgan fingerprint density at radius 3 is 2.53 bits per heavy atom. The molecule has 158 valence electrons. The van der Waals surface area contributed by atoms with Gasteiger partial charge >= 0.3 is 0 Å². The maximum absolute atomic E-state index is 14.4. The van der Waals surface area contributed by atoms with E-state index < -0.39 is 17.2 Å². The van der Waals surface area contributed by atoms with Gasteiger partial charge in [-0.1, -0.05) is 6.07 Å². The van der Waals surface area contributed by atoms with Crippen LogP contribution in [0, 0.1) is 11.6 Å². The number of benzene rings is 2. The van der Waals surface area contributed by atoms with Gasteiger partial charge in [-0.2, -0.15) is 5.10 Å². The Hall–Kier alpha value is -3.04. The Kier molecular flexibility index (Phi) is 5.91. The molecule has 7 nitrogen and oxygen atoms in total. The molecule has 0 spiro atoms. The number of nitrogens with one attached hydrogen (secondary N) is 1. The summed E-state index contributed by atoms with van der Waals surface area (Å²) in [6.45, 7) is 3.40. The van der Waals surface area contributed by atoms with E-state index in [0.29, 0.717) is 5.75 Å². The first-order valence-electron chi connectivity index (χ1n) is 9.72. The van der Waals surface area contributed by atoms with Crippen LogP contribution in [0.3, 0.4) is 0 Å². The minimum absolute atomic E-state index is 0.0724. The highest BCUT2D eigenvalue weighted by Crippen LogP contribution is 2.28. The normalized spacial score (nSPS) is 16.3. The van der Waals surface area contributed by atoms with Crippen LogP contribution in [0.1, 0.15) is 5.56 Å². The largest absolute Gasteiger partial charge is 0.490 e. The van der Waals surface area contributed by atoms with Crippen molar-refractivity contribution in [3.63, 3.8) is 0 Å². The van der Waals surface area contributed by atoms with Gasteiger partial charge in [-0.25, -0.2) is 18.4 Å². The Balaban J connectivity index is 1.51. The molecule has 1 atom stereocenters. The molecule has 2 aromatic carbocycles. The summed E-state index contributed by atoms with van der Waals surface area (Å²) < 4.78 is 35.0. The number of aliphatic hydroxyl groups is 1. The topological polar surface area (TPSA) is 75.4 Å². The van der Waals surface area contributed by atoms with Crippen molar-refractivity contribution < 1.29 is 18.6 Å². The van der Waals surface area contributed by atoms with Gasteiger partial charge in [0.25, 0.3) is 0 Å². The summed E-state index contributed by atoms with van der Waals surface area (Å²) in [7, 11) is 0. The molecular weight excluding hydrogens is 392 g/mol.